The SMILES string of the molecule is COc1cc2ncnc(Nc3ccc(F)c(C)c3)c2cc1OCCNCc1ccc2ccc[n+](C)c2c1OC.COc1cc2ncnc(Nc3ccc(F)c(Cl)c3)c2cc1OCCNCc1cc(OC)c2c(ccc[n+]2C)c1.COc1cc2ncnc(Nc3ccc(F)c(Cl)c3)c2cc1OCCNCc1ccc(OC)c2c1ccc[n+]2C. The first-order valence-electron chi connectivity index (χ1n) is 37.2. The molecule has 0 unspecified atom stereocenters. The van der Waals surface area contributed by atoms with E-state index in [0.29, 0.717) is 145 Å². The zero-order valence-corrected chi connectivity index (χ0v) is 67.5. The van der Waals surface area contributed by atoms with Gasteiger partial charge in [-0.1, -0.05) is 35.3 Å². The van der Waals surface area contributed by atoms with Crippen LogP contribution in [0.5, 0.6) is 51.7 Å². The summed E-state index contributed by atoms with van der Waals surface area (Å²) in [5, 5.41) is 25.5. The van der Waals surface area contributed by atoms with Crippen molar-refractivity contribution in [2.75, 3.05) is 98.1 Å². The first-order chi connectivity index (χ1) is 56.9. The molecule has 24 nitrogen and oxygen atoms in total. The van der Waals surface area contributed by atoms with Crippen LogP contribution in [0.15, 0.2) is 201 Å². The van der Waals surface area contributed by atoms with E-state index < -0.39 is 11.6 Å². The van der Waals surface area contributed by atoms with Gasteiger partial charge in [0.15, 0.2) is 70.3 Å². The molecule has 9 aromatic carbocycles. The Hall–Kier alpha value is -12.9. The zero-order valence-electron chi connectivity index (χ0n) is 66.0. The van der Waals surface area contributed by atoms with E-state index in [1.807, 2.05) is 94.3 Å². The highest BCUT2D eigenvalue weighted by Crippen LogP contribution is 2.40. The Bertz CT molecular complexity index is 6090. The molecule has 15 rings (SSSR count). The maximum atomic E-state index is 13.7. The quantitative estimate of drug-likeness (QED) is 0.0181. The summed E-state index contributed by atoms with van der Waals surface area (Å²) in [5.41, 5.74) is 11.0. The number of ether oxygens (including phenoxy) is 9. The number of fused-ring (bicyclic) bond motifs is 6. The lowest BCUT2D eigenvalue weighted by atomic mass is 10.1. The van der Waals surface area contributed by atoms with Crippen LogP contribution in [0.4, 0.5) is 47.7 Å². The highest BCUT2D eigenvalue weighted by molar-refractivity contribution is 6.31. The summed E-state index contributed by atoms with van der Waals surface area (Å²) in [4.78, 5) is 26.2. The number of benzene rings is 9. The van der Waals surface area contributed by atoms with E-state index in [2.05, 4.69) is 118 Å². The normalized spacial score (nSPS) is 11.1. The van der Waals surface area contributed by atoms with Gasteiger partial charge in [-0.15, -0.1) is 0 Å². The van der Waals surface area contributed by atoms with Gasteiger partial charge in [0.25, 0.3) is 16.6 Å². The van der Waals surface area contributed by atoms with E-state index in [4.69, 9.17) is 65.8 Å². The van der Waals surface area contributed by atoms with Crippen LogP contribution in [0, 0.1) is 24.4 Å². The highest BCUT2D eigenvalue weighted by atomic mass is 35.5. The van der Waals surface area contributed by atoms with Crippen LogP contribution < -0.4 is 88.2 Å². The van der Waals surface area contributed by atoms with Crippen LogP contribution in [0.2, 0.25) is 10.0 Å². The summed E-state index contributed by atoms with van der Waals surface area (Å²) >= 11 is 11.9. The number of halogens is 5. The predicted octanol–water partition coefficient (Wildman–Crippen LogP) is 15.6. The molecule has 0 saturated carbocycles. The molecule has 0 amide bonds. The lowest BCUT2D eigenvalue weighted by Gasteiger charge is -2.15. The number of anilines is 6. The van der Waals surface area contributed by atoms with Gasteiger partial charge in [0, 0.05) is 114 Å². The van der Waals surface area contributed by atoms with Crippen molar-refractivity contribution in [3.05, 3.63) is 251 Å². The van der Waals surface area contributed by atoms with Gasteiger partial charge < -0.3 is 74.5 Å². The van der Waals surface area contributed by atoms with Gasteiger partial charge in [0.1, 0.15) is 94.9 Å². The van der Waals surface area contributed by atoms with Gasteiger partial charge in [-0.25, -0.2) is 43.1 Å². The Morgan fingerprint density at radius 3 is 1.26 bits per heavy atom. The minimum Gasteiger partial charge on any atom is -0.493 e. The van der Waals surface area contributed by atoms with E-state index in [1.54, 1.807) is 86.0 Å². The van der Waals surface area contributed by atoms with E-state index >= 15 is 0 Å². The topological polar surface area (TPSA) is 244 Å². The number of pyridine rings is 3. The third-order valence-electron chi connectivity index (χ3n) is 19.2. The van der Waals surface area contributed by atoms with E-state index in [-0.39, 0.29) is 15.9 Å². The van der Waals surface area contributed by atoms with E-state index in [1.165, 1.54) is 54.9 Å². The molecule has 0 atom stereocenters. The fourth-order valence-corrected chi connectivity index (χ4v) is 13.8. The van der Waals surface area contributed by atoms with Crippen molar-refractivity contribution in [3.8, 4) is 51.7 Å². The number of nitrogens with one attached hydrogen (secondary N) is 6. The van der Waals surface area contributed by atoms with Crippen LogP contribution in [0.25, 0.3) is 65.4 Å². The number of hydrogen-bond acceptors (Lipinski definition) is 21. The van der Waals surface area contributed by atoms with Gasteiger partial charge in [-0.05, 0) is 139 Å². The molecule has 0 bridgehead atoms. The van der Waals surface area contributed by atoms with Crippen molar-refractivity contribution in [2.24, 2.45) is 21.1 Å². The fourth-order valence-electron chi connectivity index (χ4n) is 13.5. The van der Waals surface area contributed by atoms with Crippen LogP contribution in [-0.2, 0) is 40.8 Å². The first kappa shape index (κ1) is 82.1. The fraction of sp³-hybridized carbons (Fsp3) is 0.216. The average Bonchev–Trinajstić information content (AvgIpc) is 0.819. The van der Waals surface area contributed by atoms with Gasteiger partial charge in [-0.2, -0.15) is 13.7 Å². The third-order valence-corrected chi connectivity index (χ3v) is 19.8. The zero-order chi connectivity index (χ0) is 82.1. The molecular formula is C88H87Cl2F3N15O9+3. The summed E-state index contributed by atoms with van der Waals surface area (Å²) < 4.78 is 98.9. The number of methoxy groups -OCH3 is 6. The van der Waals surface area contributed by atoms with Crippen LogP contribution in [-0.4, -0.2) is 112 Å². The molecule has 0 spiro atoms. The van der Waals surface area contributed by atoms with E-state index in [9.17, 15) is 13.2 Å². The monoisotopic (exact) mass is 1620 g/mol. The molecule has 15 aromatic rings. The standard InChI is InChI=1S/C30H31FN5O3.2C29H28ClFN5O3/c1-19-14-22(9-10-24(19)31)35-30-23-15-27(26(37-3)16-25(23)33-18-34-30)39-13-11-32-17-21-8-7-20-6-5-12-36(2)28(20)29(21)38-4;1-36-11-4-5-20-18(6-9-25(37-2)28(20)36)16-32-10-12-39-27-14-21-24(15-26(27)38-3)33-17-34-29(21)35-19-7-8-23(31)22(30)13-19;1-36-9-4-5-19-11-18(12-27(38-3)28(19)36)16-32-8-10-39-26-14-21-24(15-25(26)37-2)33-17-34-29(21)35-20-6-7-23(31)22(30)13-20/h5-10,12,14-16,18,32H,11,13,17H2,1-4H3,(H,33,34,35);4-9,11,13-15,17,32H,10,12,16H2,1-3H3,(H,33,34,35);4-7,9,11-15,17,32H,8,10,16H2,1-3H3,(H,33,34,35)/q3*+1. The van der Waals surface area contributed by atoms with Crippen molar-refractivity contribution >= 4 is 123 Å². The summed E-state index contributed by atoms with van der Waals surface area (Å²) in [7, 11) is 15.9. The molecule has 600 valence electrons. The predicted molar refractivity (Wildman–Crippen MR) is 449 cm³/mol. The Balaban J connectivity index is 0.000000152. The van der Waals surface area contributed by atoms with Crippen molar-refractivity contribution in [1.29, 1.82) is 0 Å². The van der Waals surface area contributed by atoms with Gasteiger partial charge >= 0.3 is 0 Å². The summed E-state index contributed by atoms with van der Waals surface area (Å²) in [6.45, 7) is 6.74. The molecule has 0 aliphatic carbocycles. The second-order valence-electron chi connectivity index (χ2n) is 26.9. The molecular weight excluding hydrogens is 1540 g/mol. The van der Waals surface area contributed by atoms with Gasteiger partial charge in [-0.3, -0.25) is 0 Å². The van der Waals surface area contributed by atoms with Gasteiger partial charge in [0.2, 0.25) is 0 Å². The lowest BCUT2D eigenvalue weighted by Crippen LogP contribution is -2.29. The van der Waals surface area contributed by atoms with Crippen molar-refractivity contribution in [2.45, 2.75) is 26.6 Å². The third kappa shape index (κ3) is 19.6. The minimum atomic E-state index is -0.488. The first-order valence-corrected chi connectivity index (χ1v) is 38.0. The number of rotatable bonds is 30. The van der Waals surface area contributed by atoms with Crippen molar-refractivity contribution in [3.63, 3.8) is 0 Å². The molecule has 6 aromatic heterocycles. The Labute approximate surface area is 683 Å². The minimum absolute atomic E-state index is 0.0210. The molecule has 6 N–H and O–H groups in total. The maximum Gasteiger partial charge on any atom is 0.254 e. The lowest BCUT2D eigenvalue weighted by molar-refractivity contribution is -0.645. The Morgan fingerprint density at radius 2 is 0.786 bits per heavy atom. The highest BCUT2D eigenvalue weighted by Gasteiger charge is 2.22. The van der Waals surface area contributed by atoms with E-state index in [0.717, 1.165) is 82.9 Å². The molecule has 0 aliphatic heterocycles. The Morgan fingerprint density at radius 1 is 0.359 bits per heavy atom. The summed E-state index contributed by atoms with van der Waals surface area (Å²) in [6.07, 6.45) is 10.4. The van der Waals surface area contributed by atoms with Crippen molar-refractivity contribution < 1.29 is 69.5 Å². The van der Waals surface area contributed by atoms with Crippen LogP contribution in [0.1, 0.15) is 22.3 Å². The summed E-state index contributed by atoms with van der Waals surface area (Å²) in [5.74, 6) is 6.35. The van der Waals surface area contributed by atoms with Crippen molar-refractivity contribution in [1.82, 2.24) is 45.9 Å². The molecule has 0 saturated heterocycles. The Kier molecular flexibility index (Phi) is 27.0. The molecule has 29 heteroatoms. The molecule has 0 aliphatic rings. The number of nitrogens with zero attached hydrogens (tertiary/aromatic N) is 9. The summed E-state index contributed by atoms with van der Waals surface area (Å²) in [6, 6.07) is 49.3. The molecule has 0 fully saturated rings. The number of hydrogen-bond donors (Lipinski definition) is 6. The smallest absolute Gasteiger partial charge is 0.254 e. The molecule has 6 heterocycles. The second kappa shape index (κ2) is 38.5. The average molecular weight is 1630 g/mol. The molecule has 117 heavy (non-hydrogen) atoms. The maximum absolute atomic E-state index is 13.7. The molecule has 0 radical (unpaired) electrons. The van der Waals surface area contributed by atoms with Crippen LogP contribution >= 0.6 is 23.2 Å². The van der Waals surface area contributed by atoms with Crippen LogP contribution in [0.3, 0.4) is 0 Å². The number of aryl methyl sites for hydroxylation is 4. The second-order valence-corrected chi connectivity index (χ2v) is 27.7. The van der Waals surface area contributed by atoms with Gasteiger partial charge in [0.05, 0.1) is 85.4 Å². The number of aromatic nitrogens is 9. The largest absolute Gasteiger partial charge is 0.493 e.